The maximum absolute atomic E-state index is 12.4. The molecule has 0 saturated carbocycles. The number of aryl methyl sites for hydroxylation is 1. The van der Waals surface area contributed by atoms with E-state index in [1.54, 1.807) is 0 Å². The van der Waals surface area contributed by atoms with Gasteiger partial charge in [-0.15, -0.1) is 0 Å². The van der Waals surface area contributed by atoms with Crippen molar-refractivity contribution in [3.63, 3.8) is 0 Å². The highest BCUT2D eigenvalue weighted by Gasteiger charge is 2.30. The molecule has 2 aromatic rings. The summed E-state index contributed by atoms with van der Waals surface area (Å²) in [7, 11) is 0. The topological polar surface area (TPSA) is 47.8 Å². The lowest BCUT2D eigenvalue weighted by Crippen LogP contribution is -2.07. The van der Waals surface area contributed by atoms with Crippen LogP contribution in [0, 0.1) is 0 Å². The largest absolute Gasteiger partial charge is 0.417 e. The van der Waals surface area contributed by atoms with Gasteiger partial charge >= 0.3 is 6.18 Å². The van der Waals surface area contributed by atoms with Crippen LogP contribution in [-0.2, 0) is 12.6 Å². The molecule has 0 aliphatic carbocycles. The molecule has 2 rings (SSSR count). The third-order valence-electron chi connectivity index (χ3n) is 2.59. The number of rotatable bonds is 3. The van der Waals surface area contributed by atoms with E-state index in [4.69, 9.17) is 0 Å². The molecule has 7 heteroatoms. The minimum atomic E-state index is -4.42. The van der Waals surface area contributed by atoms with Crippen molar-refractivity contribution in [2.24, 2.45) is 0 Å². The average molecular weight is 269 g/mol. The fourth-order valence-corrected chi connectivity index (χ4v) is 1.60. The first-order chi connectivity index (χ1) is 8.95. The second-order valence-electron chi connectivity index (χ2n) is 3.85. The van der Waals surface area contributed by atoms with Gasteiger partial charge < -0.3 is 0 Å². The van der Waals surface area contributed by atoms with Gasteiger partial charge in [-0.3, -0.25) is 4.79 Å². The molecule has 0 fully saturated rings. The van der Waals surface area contributed by atoms with E-state index in [1.807, 2.05) is 6.92 Å². The number of pyridine rings is 1. The summed E-state index contributed by atoms with van der Waals surface area (Å²) in [5, 5.41) is 4.10. The molecule has 0 N–H and O–H groups in total. The van der Waals surface area contributed by atoms with Crippen LogP contribution in [0.1, 0.15) is 28.5 Å². The predicted octanol–water partition coefficient (Wildman–Crippen LogP) is 2.66. The number of aromatic nitrogens is 3. The summed E-state index contributed by atoms with van der Waals surface area (Å²) in [6.45, 7) is 1.83. The van der Waals surface area contributed by atoms with Crippen LogP contribution in [0.25, 0.3) is 5.82 Å². The molecule has 2 heterocycles. The van der Waals surface area contributed by atoms with Crippen molar-refractivity contribution in [2.45, 2.75) is 19.5 Å². The first kappa shape index (κ1) is 13.3. The monoisotopic (exact) mass is 269 g/mol. The van der Waals surface area contributed by atoms with Crippen molar-refractivity contribution in [3.8, 4) is 5.82 Å². The van der Waals surface area contributed by atoms with E-state index < -0.39 is 11.7 Å². The Bertz CT molecular complexity index is 587. The predicted molar refractivity (Wildman–Crippen MR) is 61.1 cm³/mol. The van der Waals surface area contributed by atoms with Crippen LogP contribution < -0.4 is 0 Å². The van der Waals surface area contributed by atoms with Crippen LogP contribution >= 0.6 is 0 Å². The number of carbonyl (C=O) groups excluding carboxylic acids is 1. The second kappa shape index (κ2) is 4.83. The van der Waals surface area contributed by atoms with Crippen molar-refractivity contribution in [2.75, 3.05) is 0 Å². The van der Waals surface area contributed by atoms with Gasteiger partial charge in [0.2, 0.25) is 0 Å². The van der Waals surface area contributed by atoms with Gasteiger partial charge in [-0.25, -0.2) is 9.67 Å². The minimum Gasteiger partial charge on any atom is -0.298 e. The lowest BCUT2D eigenvalue weighted by atomic mass is 10.2. The molecule has 0 aliphatic rings. The minimum absolute atomic E-state index is 0.232. The molecular formula is C12H10F3N3O. The molecule has 100 valence electrons. The molecule has 0 spiro atoms. The van der Waals surface area contributed by atoms with Gasteiger partial charge in [0.25, 0.3) is 0 Å². The van der Waals surface area contributed by atoms with E-state index in [0.717, 1.165) is 12.3 Å². The van der Waals surface area contributed by atoms with Gasteiger partial charge in [0.1, 0.15) is 0 Å². The molecule has 4 nitrogen and oxygen atoms in total. The summed E-state index contributed by atoms with van der Waals surface area (Å²) in [4.78, 5) is 14.5. The Morgan fingerprint density at radius 2 is 2.11 bits per heavy atom. The Kier molecular flexibility index (Phi) is 3.37. The van der Waals surface area contributed by atoms with E-state index >= 15 is 0 Å². The zero-order chi connectivity index (χ0) is 14.0. The molecular weight excluding hydrogens is 259 g/mol. The fourth-order valence-electron chi connectivity index (χ4n) is 1.60. The van der Waals surface area contributed by atoms with Crippen LogP contribution in [0.3, 0.4) is 0 Å². The number of carbonyl (C=O) groups is 1. The SMILES string of the molecule is CCc1nn(-c2ccc(C(F)(F)F)cn2)cc1C=O. The molecule has 0 radical (unpaired) electrons. The zero-order valence-electron chi connectivity index (χ0n) is 9.98. The summed E-state index contributed by atoms with van der Waals surface area (Å²) in [6.07, 6.45) is -1.02. The maximum atomic E-state index is 12.4. The van der Waals surface area contributed by atoms with Gasteiger partial charge in [0, 0.05) is 12.4 Å². The number of nitrogens with zero attached hydrogens (tertiary/aromatic N) is 3. The Morgan fingerprint density at radius 1 is 1.37 bits per heavy atom. The Balaban J connectivity index is 2.37. The highest BCUT2D eigenvalue weighted by Crippen LogP contribution is 2.28. The molecule has 2 aromatic heterocycles. The van der Waals surface area contributed by atoms with Crippen LogP contribution in [-0.4, -0.2) is 21.1 Å². The molecule has 0 saturated heterocycles. The molecule has 0 unspecified atom stereocenters. The van der Waals surface area contributed by atoms with Crippen LogP contribution in [0.15, 0.2) is 24.5 Å². The van der Waals surface area contributed by atoms with Gasteiger partial charge in [0.15, 0.2) is 12.1 Å². The molecule has 0 aliphatic heterocycles. The standard InChI is InChI=1S/C12H10F3N3O/c1-2-10-8(7-19)6-18(17-10)11-4-3-9(5-16-11)12(13,14)15/h3-7H,2H2,1H3. The average Bonchev–Trinajstić information content (AvgIpc) is 2.81. The van der Waals surface area contributed by atoms with Crippen LogP contribution in [0.2, 0.25) is 0 Å². The lowest BCUT2D eigenvalue weighted by Gasteiger charge is -2.06. The Hall–Kier alpha value is -2.18. The van der Waals surface area contributed by atoms with Crippen LogP contribution in [0.5, 0.6) is 0 Å². The fraction of sp³-hybridized carbons (Fsp3) is 0.250. The van der Waals surface area contributed by atoms with Gasteiger partial charge in [-0.05, 0) is 18.6 Å². The molecule has 19 heavy (non-hydrogen) atoms. The summed E-state index contributed by atoms with van der Waals surface area (Å²) in [5.74, 6) is 0.232. The normalized spacial score (nSPS) is 11.6. The van der Waals surface area contributed by atoms with E-state index in [-0.39, 0.29) is 5.82 Å². The zero-order valence-corrected chi connectivity index (χ0v) is 9.98. The van der Waals surface area contributed by atoms with Crippen molar-refractivity contribution in [3.05, 3.63) is 41.3 Å². The highest BCUT2D eigenvalue weighted by molar-refractivity contribution is 5.76. The summed E-state index contributed by atoms with van der Waals surface area (Å²) >= 11 is 0. The summed E-state index contributed by atoms with van der Waals surface area (Å²) in [6, 6.07) is 2.14. The van der Waals surface area contributed by atoms with Crippen molar-refractivity contribution < 1.29 is 18.0 Å². The first-order valence-corrected chi connectivity index (χ1v) is 5.53. The second-order valence-corrected chi connectivity index (χ2v) is 3.85. The van der Waals surface area contributed by atoms with Gasteiger partial charge in [0.05, 0.1) is 16.8 Å². The quantitative estimate of drug-likeness (QED) is 0.805. The smallest absolute Gasteiger partial charge is 0.298 e. The van der Waals surface area contributed by atoms with Gasteiger partial charge in [-0.2, -0.15) is 18.3 Å². The molecule has 0 amide bonds. The summed E-state index contributed by atoms with van der Waals surface area (Å²) in [5.41, 5.74) is 0.163. The van der Waals surface area contributed by atoms with Gasteiger partial charge in [-0.1, -0.05) is 6.92 Å². The van der Waals surface area contributed by atoms with Crippen LogP contribution in [0.4, 0.5) is 13.2 Å². The van der Waals surface area contributed by atoms with Crippen molar-refractivity contribution in [1.82, 2.24) is 14.8 Å². The van der Waals surface area contributed by atoms with Crippen molar-refractivity contribution >= 4 is 6.29 Å². The van der Waals surface area contributed by atoms with Crippen molar-refractivity contribution in [1.29, 1.82) is 0 Å². The third kappa shape index (κ3) is 2.64. The third-order valence-corrected chi connectivity index (χ3v) is 2.59. The lowest BCUT2D eigenvalue weighted by molar-refractivity contribution is -0.137. The first-order valence-electron chi connectivity index (χ1n) is 5.53. The molecule has 0 atom stereocenters. The Morgan fingerprint density at radius 3 is 2.53 bits per heavy atom. The highest BCUT2D eigenvalue weighted by atomic mass is 19.4. The van der Waals surface area contributed by atoms with E-state index in [9.17, 15) is 18.0 Å². The molecule has 0 aromatic carbocycles. The molecule has 0 bridgehead atoms. The van der Waals surface area contributed by atoms with E-state index in [1.165, 1.54) is 16.9 Å². The number of halogens is 3. The number of alkyl halides is 3. The maximum Gasteiger partial charge on any atom is 0.417 e. The van der Waals surface area contributed by atoms with E-state index in [2.05, 4.69) is 10.1 Å². The van der Waals surface area contributed by atoms with E-state index in [0.29, 0.717) is 24.0 Å². The summed E-state index contributed by atoms with van der Waals surface area (Å²) < 4.78 is 38.5. The number of hydrogen-bond acceptors (Lipinski definition) is 3. The Labute approximate surface area is 106 Å². The number of aldehydes is 1. The number of hydrogen-bond donors (Lipinski definition) is 0.